The van der Waals surface area contributed by atoms with E-state index in [2.05, 4.69) is 24.0 Å². The maximum absolute atomic E-state index is 14.0. The second-order valence-electron chi connectivity index (χ2n) is 12.7. The fraction of sp³-hybridized carbons (Fsp3) is 0.556. The van der Waals surface area contributed by atoms with Crippen LogP contribution in [0.25, 0.3) is 6.08 Å². The number of benzene rings is 1. The molecular formula is C36H48N2O7. The number of hydrogen-bond donors (Lipinski definition) is 3. The number of allylic oxidation sites excluding steroid dienone is 1. The lowest BCUT2D eigenvalue weighted by molar-refractivity contribution is -0.144. The molecule has 45 heavy (non-hydrogen) atoms. The Balaban J connectivity index is 1.29. The van der Waals surface area contributed by atoms with Crippen LogP contribution in [0.4, 0.5) is 0 Å². The van der Waals surface area contributed by atoms with Crippen molar-refractivity contribution in [2.75, 3.05) is 33.4 Å². The average Bonchev–Trinajstić information content (AvgIpc) is 3.61. The van der Waals surface area contributed by atoms with Crippen molar-refractivity contribution >= 4 is 17.9 Å². The SMILES string of the molecule is CCC/C(=C\c1ccc(CO)o1)CC[C@@H](O)C1=C(COC)C[C@H]2C(=O)N(C3CCN(Cc4ccccc4)CC3)C(=O)[C@H]2[C@H]1CO. The molecule has 3 aliphatic rings. The Bertz CT molecular complexity index is 1360. The van der Waals surface area contributed by atoms with Gasteiger partial charge in [-0.2, -0.15) is 0 Å². The topological polar surface area (TPSA) is 124 Å². The number of carbonyl (C=O) groups is 2. The van der Waals surface area contributed by atoms with Crippen LogP contribution < -0.4 is 0 Å². The number of carbonyl (C=O) groups excluding carboxylic acids is 2. The van der Waals surface area contributed by atoms with Gasteiger partial charge in [0.2, 0.25) is 11.8 Å². The molecule has 3 heterocycles. The molecule has 0 unspecified atom stereocenters. The largest absolute Gasteiger partial charge is 0.459 e. The highest BCUT2D eigenvalue weighted by Gasteiger charge is 2.56. The van der Waals surface area contributed by atoms with Gasteiger partial charge in [0.05, 0.1) is 31.2 Å². The van der Waals surface area contributed by atoms with Crippen LogP contribution in [0.15, 0.2) is 63.6 Å². The molecule has 9 heteroatoms. The summed E-state index contributed by atoms with van der Waals surface area (Å²) in [5, 5.41) is 31.6. The van der Waals surface area contributed by atoms with E-state index in [9.17, 15) is 24.9 Å². The zero-order valence-electron chi connectivity index (χ0n) is 26.6. The first-order valence-electron chi connectivity index (χ1n) is 16.4. The fourth-order valence-electron chi connectivity index (χ4n) is 7.65. The molecule has 1 aromatic carbocycles. The van der Waals surface area contributed by atoms with Gasteiger partial charge in [0.15, 0.2) is 0 Å². The number of amides is 2. The molecule has 0 saturated carbocycles. The van der Waals surface area contributed by atoms with E-state index in [1.54, 1.807) is 13.2 Å². The monoisotopic (exact) mass is 620 g/mol. The Hall–Kier alpha value is -3.08. The number of piperidine rings is 1. The summed E-state index contributed by atoms with van der Waals surface area (Å²) in [6.07, 6.45) is 5.62. The van der Waals surface area contributed by atoms with E-state index in [1.807, 2.05) is 30.3 Å². The quantitative estimate of drug-likeness (QED) is 0.211. The minimum atomic E-state index is -0.892. The van der Waals surface area contributed by atoms with Gasteiger partial charge < -0.3 is 24.5 Å². The molecule has 0 spiro atoms. The maximum atomic E-state index is 14.0. The van der Waals surface area contributed by atoms with Gasteiger partial charge in [0.25, 0.3) is 0 Å². The van der Waals surface area contributed by atoms with Crippen molar-refractivity contribution in [3.63, 3.8) is 0 Å². The molecule has 2 saturated heterocycles. The van der Waals surface area contributed by atoms with Crippen molar-refractivity contribution in [1.29, 1.82) is 0 Å². The zero-order valence-corrected chi connectivity index (χ0v) is 26.6. The lowest BCUT2D eigenvalue weighted by Crippen LogP contribution is -2.47. The predicted octanol–water partition coefficient (Wildman–Crippen LogP) is 4.32. The van der Waals surface area contributed by atoms with E-state index in [-0.39, 0.29) is 37.7 Å². The summed E-state index contributed by atoms with van der Waals surface area (Å²) in [7, 11) is 1.58. The molecule has 2 aliphatic heterocycles. The van der Waals surface area contributed by atoms with Gasteiger partial charge in [-0.25, -0.2) is 0 Å². The summed E-state index contributed by atoms with van der Waals surface area (Å²) in [6.45, 7) is 4.30. The van der Waals surface area contributed by atoms with Crippen LogP contribution in [0.5, 0.6) is 0 Å². The number of aliphatic hydroxyl groups is 3. The molecule has 1 aliphatic carbocycles. The van der Waals surface area contributed by atoms with Crippen LogP contribution in [-0.2, 0) is 27.5 Å². The van der Waals surface area contributed by atoms with Crippen molar-refractivity contribution < 1.29 is 34.1 Å². The summed E-state index contributed by atoms with van der Waals surface area (Å²) in [5.74, 6) is -1.08. The smallest absolute Gasteiger partial charge is 0.234 e. The zero-order chi connectivity index (χ0) is 31.9. The first-order valence-corrected chi connectivity index (χ1v) is 16.4. The van der Waals surface area contributed by atoms with Crippen LogP contribution in [0.2, 0.25) is 0 Å². The summed E-state index contributed by atoms with van der Waals surface area (Å²) < 4.78 is 11.2. The number of ether oxygens (including phenoxy) is 1. The highest BCUT2D eigenvalue weighted by molar-refractivity contribution is 6.06. The Labute approximate surface area is 266 Å². The third-order valence-corrected chi connectivity index (χ3v) is 9.76. The molecule has 2 amide bonds. The average molecular weight is 621 g/mol. The van der Waals surface area contributed by atoms with Crippen LogP contribution in [0.1, 0.15) is 69.0 Å². The van der Waals surface area contributed by atoms with E-state index in [0.29, 0.717) is 36.4 Å². The number of methoxy groups -OCH3 is 1. The molecule has 0 bridgehead atoms. The van der Waals surface area contributed by atoms with Gasteiger partial charge in [-0.05, 0) is 73.4 Å². The minimum Gasteiger partial charge on any atom is -0.459 e. The third kappa shape index (κ3) is 7.50. The molecule has 4 atom stereocenters. The Morgan fingerprint density at radius 1 is 1.07 bits per heavy atom. The number of aliphatic hydroxyl groups excluding tert-OH is 3. The Morgan fingerprint density at radius 3 is 2.47 bits per heavy atom. The molecule has 5 rings (SSSR count). The molecule has 2 fully saturated rings. The first-order chi connectivity index (χ1) is 21.9. The van der Waals surface area contributed by atoms with Crippen molar-refractivity contribution in [1.82, 2.24) is 9.80 Å². The lowest BCUT2D eigenvalue weighted by Gasteiger charge is -2.37. The first kappa shape index (κ1) is 33.3. The van der Waals surface area contributed by atoms with Gasteiger partial charge in [0.1, 0.15) is 18.1 Å². The molecule has 244 valence electrons. The molecular weight excluding hydrogens is 572 g/mol. The third-order valence-electron chi connectivity index (χ3n) is 9.76. The van der Waals surface area contributed by atoms with E-state index < -0.39 is 23.9 Å². The summed E-state index contributed by atoms with van der Waals surface area (Å²) >= 11 is 0. The number of fused-ring (bicyclic) bond motifs is 1. The fourth-order valence-corrected chi connectivity index (χ4v) is 7.65. The minimum absolute atomic E-state index is 0.152. The van der Waals surface area contributed by atoms with E-state index >= 15 is 0 Å². The second kappa shape index (κ2) is 15.5. The van der Waals surface area contributed by atoms with Crippen molar-refractivity contribution in [2.24, 2.45) is 17.8 Å². The summed E-state index contributed by atoms with van der Waals surface area (Å²) in [6, 6.07) is 13.7. The van der Waals surface area contributed by atoms with Crippen molar-refractivity contribution in [3.8, 4) is 0 Å². The number of furan rings is 1. The predicted molar refractivity (Wildman–Crippen MR) is 170 cm³/mol. The maximum Gasteiger partial charge on any atom is 0.234 e. The highest BCUT2D eigenvalue weighted by Crippen LogP contribution is 2.47. The molecule has 3 N–H and O–H groups in total. The van der Waals surface area contributed by atoms with Crippen LogP contribution in [0.3, 0.4) is 0 Å². The molecule has 1 aromatic heterocycles. The van der Waals surface area contributed by atoms with Crippen LogP contribution >= 0.6 is 0 Å². The Morgan fingerprint density at radius 2 is 1.82 bits per heavy atom. The standard InChI is InChI=1S/C36H48N2O7/c1-3-7-24(18-28-11-12-29(21-39)45-28)10-13-32(41)33-26(23-44-2)19-30-34(31(33)22-40)36(43)38(35(30)42)27-14-16-37(17-15-27)20-25-8-5-4-6-9-25/h4-6,8-9,11-12,18,27,30-32,34,39-41H,3,7,10,13-17,19-23H2,1-2H3/b24-18+/t30-,31+,32-,34-/m1/s1. The van der Waals surface area contributed by atoms with Crippen molar-refractivity contribution in [2.45, 2.75) is 77.2 Å². The van der Waals surface area contributed by atoms with Gasteiger partial charge >= 0.3 is 0 Å². The highest BCUT2D eigenvalue weighted by atomic mass is 16.5. The van der Waals surface area contributed by atoms with E-state index in [1.165, 1.54) is 10.5 Å². The van der Waals surface area contributed by atoms with Gasteiger partial charge in [-0.15, -0.1) is 0 Å². The normalized spacial score (nSPS) is 24.1. The van der Waals surface area contributed by atoms with Gasteiger partial charge in [-0.3, -0.25) is 19.4 Å². The molecule has 9 nitrogen and oxygen atoms in total. The second-order valence-corrected chi connectivity index (χ2v) is 12.7. The number of imide groups is 1. The van der Waals surface area contributed by atoms with Crippen LogP contribution in [0, 0.1) is 17.8 Å². The molecule has 2 aromatic rings. The summed E-state index contributed by atoms with van der Waals surface area (Å²) in [4.78, 5) is 31.7. The summed E-state index contributed by atoms with van der Waals surface area (Å²) in [5.41, 5.74) is 3.82. The van der Waals surface area contributed by atoms with E-state index in [4.69, 9.17) is 9.15 Å². The Kier molecular flexibility index (Phi) is 11.4. The molecule has 0 radical (unpaired) electrons. The number of nitrogens with zero attached hydrogens (tertiary/aromatic N) is 2. The van der Waals surface area contributed by atoms with Gasteiger partial charge in [-0.1, -0.05) is 49.2 Å². The number of hydrogen-bond acceptors (Lipinski definition) is 8. The van der Waals surface area contributed by atoms with E-state index in [0.717, 1.165) is 56.5 Å². The lowest BCUT2D eigenvalue weighted by atomic mass is 9.68. The van der Waals surface area contributed by atoms with Gasteiger partial charge in [0, 0.05) is 38.7 Å². The van der Waals surface area contributed by atoms with Crippen molar-refractivity contribution in [3.05, 3.63) is 76.3 Å². The number of rotatable bonds is 14. The number of likely N-dealkylation sites (tertiary alicyclic amines) is 2. The van der Waals surface area contributed by atoms with Crippen LogP contribution in [-0.4, -0.2) is 82.5 Å².